The van der Waals surface area contributed by atoms with Crippen LogP contribution in [-0.4, -0.2) is 38.0 Å². The van der Waals surface area contributed by atoms with Gasteiger partial charge in [-0.1, -0.05) is 49.9 Å². The fourth-order valence-electron chi connectivity index (χ4n) is 3.46. The molecule has 8 heteroatoms. The van der Waals surface area contributed by atoms with Gasteiger partial charge in [0.15, 0.2) is 0 Å². The number of unbranched alkanes of at least 4 members (excludes halogenated alkanes) is 5. The van der Waals surface area contributed by atoms with Gasteiger partial charge in [0.25, 0.3) is 0 Å². The minimum absolute atomic E-state index is 0.139. The molecule has 2 rings (SSSR count). The molecule has 2 amide bonds. The number of nitrogens with one attached hydrogen (secondary N) is 2. The molecule has 0 saturated heterocycles. The van der Waals surface area contributed by atoms with Crippen LogP contribution in [0.2, 0.25) is 0 Å². The lowest BCUT2D eigenvalue weighted by Crippen LogP contribution is -2.15. The van der Waals surface area contributed by atoms with Gasteiger partial charge in [-0.2, -0.15) is 0 Å². The first-order chi connectivity index (χ1) is 16.5. The molecule has 0 aromatic heterocycles. The summed E-state index contributed by atoms with van der Waals surface area (Å²) in [6.45, 7) is 0. The summed E-state index contributed by atoms with van der Waals surface area (Å²) < 4.78 is 9.47. The highest BCUT2D eigenvalue weighted by Gasteiger charge is 2.14. The number of methoxy groups -OCH3 is 2. The number of benzene rings is 2. The van der Waals surface area contributed by atoms with Crippen molar-refractivity contribution in [2.75, 3.05) is 24.9 Å². The molecule has 0 aliphatic heterocycles. The van der Waals surface area contributed by atoms with E-state index in [0.29, 0.717) is 35.3 Å². The minimum Gasteiger partial charge on any atom is -0.465 e. The number of rotatable bonds is 13. The van der Waals surface area contributed by atoms with Gasteiger partial charge in [-0.05, 0) is 37.1 Å². The van der Waals surface area contributed by atoms with Crippen molar-refractivity contribution in [2.24, 2.45) is 0 Å². The molecule has 34 heavy (non-hydrogen) atoms. The van der Waals surface area contributed by atoms with Gasteiger partial charge in [-0.3, -0.25) is 9.59 Å². The maximum Gasteiger partial charge on any atom is 0.339 e. The van der Waals surface area contributed by atoms with Gasteiger partial charge in [-0.15, -0.1) is 0 Å². The Bertz CT molecular complexity index is 909. The van der Waals surface area contributed by atoms with E-state index < -0.39 is 11.9 Å². The van der Waals surface area contributed by atoms with Crippen LogP contribution in [0.3, 0.4) is 0 Å². The molecule has 8 nitrogen and oxygen atoms in total. The van der Waals surface area contributed by atoms with Crippen molar-refractivity contribution in [3.63, 3.8) is 0 Å². The first-order valence-corrected chi connectivity index (χ1v) is 11.4. The van der Waals surface area contributed by atoms with Crippen molar-refractivity contribution in [1.82, 2.24) is 0 Å². The third-order valence-corrected chi connectivity index (χ3v) is 5.27. The molecule has 2 aromatic carbocycles. The molecule has 0 radical (unpaired) electrons. The number of carbonyl (C=O) groups is 4. The largest absolute Gasteiger partial charge is 0.465 e. The molecular weight excluding hydrogens is 436 g/mol. The van der Waals surface area contributed by atoms with Gasteiger partial charge >= 0.3 is 11.9 Å². The second-order valence-electron chi connectivity index (χ2n) is 7.79. The van der Waals surface area contributed by atoms with Crippen molar-refractivity contribution in [3.8, 4) is 0 Å². The van der Waals surface area contributed by atoms with E-state index in [0.717, 1.165) is 38.5 Å². The van der Waals surface area contributed by atoms with Crippen LogP contribution in [0.4, 0.5) is 11.4 Å². The molecule has 0 aliphatic rings. The zero-order valence-electron chi connectivity index (χ0n) is 19.7. The Hall–Kier alpha value is -3.68. The first kappa shape index (κ1) is 26.6. The van der Waals surface area contributed by atoms with Crippen LogP contribution in [0.15, 0.2) is 48.5 Å². The number of esters is 2. The maximum absolute atomic E-state index is 12.2. The summed E-state index contributed by atoms with van der Waals surface area (Å²) in [6.07, 6.45) is 6.00. The highest BCUT2D eigenvalue weighted by molar-refractivity contribution is 6.02. The van der Waals surface area contributed by atoms with Crippen LogP contribution >= 0.6 is 0 Å². The standard InChI is InChI=1S/C26H32N2O6/c1-33-25(31)19-13-9-11-15-21(19)27-23(29)17-7-5-3-4-6-8-18-24(30)28-22-16-12-10-14-20(22)26(32)34-2/h9-16H,3-8,17-18H2,1-2H3,(H,27,29)(H,28,30). The smallest absolute Gasteiger partial charge is 0.339 e. The van der Waals surface area contributed by atoms with E-state index in [4.69, 9.17) is 9.47 Å². The van der Waals surface area contributed by atoms with Crippen molar-refractivity contribution < 1.29 is 28.7 Å². The Morgan fingerprint density at radius 1 is 0.588 bits per heavy atom. The van der Waals surface area contributed by atoms with E-state index in [1.807, 2.05) is 0 Å². The summed E-state index contributed by atoms with van der Waals surface area (Å²) in [7, 11) is 2.61. The van der Waals surface area contributed by atoms with Crippen LogP contribution in [-0.2, 0) is 19.1 Å². The molecule has 0 heterocycles. The molecule has 0 fully saturated rings. The number of hydrogen-bond acceptors (Lipinski definition) is 6. The molecule has 0 saturated carbocycles. The number of amides is 2. The van der Waals surface area contributed by atoms with E-state index >= 15 is 0 Å². The number of ether oxygens (including phenoxy) is 2. The molecule has 0 bridgehead atoms. The van der Waals surface area contributed by atoms with E-state index in [1.165, 1.54) is 14.2 Å². The Kier molecular flexibility index (Phi) is 11.3. The number of para-hydroxylation sites is 2. The zero-order chi connectivity index (χ0) is 24.8. The lowest BCUT2D eigenvalue weighted by atomic mass is 10.1. The topological polar surface area (TPSA) is 111 Å². The average Bonchev–Trinajstić information content (AvgIpc) is 2.85. The third kappa shape index (κ3) is 8.69. The van der Waals surface area contributed by atoms with Crippen LogP contribution in [0.25, 0.3) is 0 Å². The molecule has 2 aromatic rings. The predicted molar refractivity (Wildman–Crippen MR) is 130 cm³/mol. The highest BCUT2D eigenvalue weighted by Crippen LogP contribution is 2.18. The van der Waals surface area contributed by atoms with Gasteiger partial charge < -0.3 is 20.1 Å². The van der Waals surface area contributed by atoms with E-state index in [1.54, 1.807) is 48.5 Å². The minimum atomic E-state index is -0.489. The predicted octanol–water partition coefficient (Wildman–Crippen LogP) is 4.96. The average molecular weight is 469 g/mol. The summed E-state index contributed by atoms with van der Waals surface area (Å²) in [5.74, 6) is -1.25. The van der Waals surface area contributed by atoms with Gasteiger partial charge in [0, 0.05) is 12.8 Å². The quantitative estimate of drug-likeness (QED) is 0.318. The van der Waals surface area contributed by atoms with Crippen molar-refractivity contribution in [2.45, 2.75) is 51.4 Å². The Morgan fingerprint density at radius 3 is 1.32 bits per heavy atom. The molecule has 2 N–H and O–H groups in total. The van der Waals surface area contributed by atoms with Gasteiger partial charge in [0.1, 0.15) is 0 Å². The van der Waals surface area contributed by atoms with Crippen LogP contribution in [0, 0.1) is 0 Å². The monoisotopic (exact) mass is 468 g/mol. The van der Waals surface area contributed by atoms with Gasteiger partial charge in [0.2, 0.25) is 11.8 Å². The maximum atomic E-state index is 12.2. The van der Waals surface area contributed by atoms with Gasteiger partial charge in [0.05, 0.1) is 36.7 Å². The Balaban J connectivity index is 1.59. The van der Waals surface area contributed by atoms with E-state index in [-0.39, 0.29) is 11.8 Å². The van der Waals surface area contributed by atoms with Crippen LogP contribution in [0.5, 0.6) is 0 Å². The number of anilines is 2. The zero-order valence-corrected chi connectivity index (χ0v) is 19.7. The lowest BCUT2D eigenvalue weighted by Gasteiger charge is -2.10. The SMILES string of the molecule is COC(=O)c1ccccc1NC(=O)CCCCCCCCC(=O)Nc1ccccc1C(=O)OC. The summed E-state index contributed by atoms with van der Waals surface area (Å²) >= 11 is 0. The third-order valence-electron chi connectivity index (χ3n) is 5.27. The molecule has 0 aliphatic carbocycles. The second-order valence-corrected chi connectivity index (χ2v) is 7.79. The summed E-state index contributed by atoms with van der Waals surface area (Å²) in [5.41, 5.74) is 1.56. The molecular formula is C26H32N2O6. The molecule has 0 atom stereocenters. The highest BCUT2D eigenvalue weighted by atomic mass is 16.5. The lowest BCUT2D eigenvalue weighted by molar-refractivity contribution is -0.117. The summed E-state index contributed by atoms with van der Waals surface area (Å²) in [4.78, 5) is 47.9. The van der Waals surface area contributed by atoms with Crippen LogP contribution in [0.1, 0.15) is 72.1 Å². The van der Waals surface area contributed by atoms with Crippen molar-refractivity contribution >= 4 is 35.1 Å². The number of hydrogen-bond donors (Lipinski definition) is 2. The van der Waals surface area contributed by atoms with E-state index in [2.05, 4.69) is 10.6 Å². The first-order valence-electron chi connectivity index (χ1n) is 11.4. The fourth-order valence-corrected chi connectivity index (χ4v) is 3.46. The molecule has 0 unspecified atom stereocenters. The molecule has 182 valence electrons. The molecule has 0 spiro atoms. The van der Waals surface area contributed by atoms with E-state index in [9.17, 15) is 19.2 Å². The summed E-state index contributed by atoms with van der Waals surface area (Å²) in [6, 6.07) is 13.5. The second kappa shape index (κ2) is 14.5. The van der Waals surface area contributed by atoms with Crippen molar-refractivity contribution in [1.29, 1.82) is 0 Å². The Morgan fingerprint density at radius 2 is 0.941 bits per heavy atom. The van der Waals surface area contributed by atoms with Crippen molar-refractivity contribution in [3.05, 3.63) is 59.7 Å². The Labute approximate surface area is 200 Å². The van der Waals surface area contributed by atoms with Crippen LogP contribution < -0.4 is 10.6 Å². The fraction of sp³-hybridized carbons (Fsp3) is 0.385. The van der Waals surface area contributed by atoms with Gasteiger partial charge in [-0.25, -0.2) is 9.59 Å². The number of carbonyl (C=O) groups excluding carboxylic acids is 4. The summed E-state index contributed by atoms with van der Waals surface area (Å²) in [5, 5.41) is 5.54. The normalized spacial score (nSPS) is 10.3.